The predicted octanol–water partition coefficient (Wildman–Crippen LogP) is 2.99. The number of nitrogens with one attached hydrogen (secondary N) is 2. The monoisotopic (exact) mass is 266 g/mol. The second kappa shape index (κ2) is 8.03. The molecular weight excluding hydrogens is 244 g/mol. The third kappa shape index (κ3) is 4.61. The molecule has 0 bridgehead atoms. The Hall–Kier alpha value is -1.16. The van der Waals surface area contributed by atoms with Crippen LogP contribution in [0.1, 0.15) is 30.6 Å². The number of benzene rings is 1. The van der Waals surface area contributed by atoms with Crippen molar-refractivity contribution in [3.05, 3.63) is 29.8 Å². The number of para-hydroxylation sites is 1. The van der Waals surface area contributed by atoms with Gasteiger partial charge in [0.15, 0.2) is 0 Å². The lowest BCUT2D eigenvalue weighted by molar-refractivity contribution is 0.0955. The van der Waals surface area contributed by atoms with Gasteiger partial charge in [-0.05, 0) is 24.8 Å². The van der Waals surface area contributed by atoms with Gasteiger partial charge in [-0.1, -0.05) is 26.0 Å². The van der Waals surface area contributed by atoms with Gasteiger partial charge in [-0.3, -0.25) is 4.79 Å². The van der Waals surface area contributed by atoms with Crippen molar-refractivity contribution >= 4 is 23.4 Å². The van der Waals surface area contributed by atoms with Gasteiger partial charge >= 0.3 is 0 Å². The Morgan fingerprint density at radius 3 is 2.78 bits per heavy atom. The Morgan fingerprint density at radius 2 is 2.11 bits per heavy atom. The van der Waals surface area contributed by atoms with Crippen LogP contribution in [0.5, 0.6) is 0 Å². The van der Waals surface area contributed by atoms with Gasteiger partial charge in [0, 0.05) is 24.0 Å². The maximum atomic E-state index is 12.1. The minimum absolute atomic E-state index is 0.00453. The van der Waals surface area contributed by atoms with Crippen LogP contribution in [0.15, 0.2) is 24.3 Å². The molecule has 0 radical (unpaired) electrons. The van der Waals surface area contributed by atoms with Crippen molar-refractivity contribution in [1.82, 2.24) is 5.32 Å². The largest absolute Gasteiger partial charge is 0.384 e. The summed E-state index contributed by atoms with van der Waals surface area (Å²) in [5, 5.41) is 6.68. The molecule has 18 heavy (non-hydrogen) atoms. The van der Waals surface area contributed by atoms with Gasteiger partial charge in [-0.15, -0.1) is 0 Å². The number of anilines is 1. The highest BCUT2D eigenvalue weighted by Crippen LogP contribution is 2.15. The molecule has 1 unspecified atom stereocenters. The van der Waals surface area contributed by atoms with Crippen molar-refractivity contribution in [2.24, 2.45) is 0 Å². The number of carbonyl (C=O) groups is 1. The standard InChI is InChI=1S/C14H22N2OS/c1-4-9-15-13-8-6-5-7-12(13)14(17)16-10-11(2)18-3/h5-8,11,15H,4,9-10H2,1-3H3,(H,16,17). The topological polar surface area (TPSA) is 41.1 Å². The van der Waals surface area contributed by atoms with E-state index in [4.69, 9.17) is 0 Å². The molecule has 0 saturated carbocycles. The van der Waals surface area contributed by atoms with Crippen LogP contribution in [0.25, 0.3) is 0 Å². The van der Waals surface area contributed by atoms with E-state index in [1.165, 1.54) is 0 Å². The van der Waals surface area contributed by atoms with Crippen LogP contribution in [-0.4, -0.2) is 30.5 Å². The van der Waals surface area contributed by atoms with Gasteiger partial charge in [-0.25, -0.2) is 0 Å². The fraction of sp³-hybridized carbons (Fsp3) is 0.500. The number of hydrogen-bond donors (Lipinski definition) is 2. The average molecular weight is 266 g/mol. The molecule has 1 amide bonds. The molecule has 1 atom stereocenters. The average Bonchev–Trinajstić information content (AvgIpc) is 2.42. The molecule has 1 aromatic rings. The molecule has 2 N–H and O–H groups in total. The van der Waals surface area contributed by atoms with Crippen LogP contribution >= 0.6 is 11.8 Å². The number of hydrogen-bond acceptors (Lipinski definition) is 3. The predicted molar refractivity (Wildman–Crippen MR) is 80.5 cm³/mol. The Labute approximate surface area is 114 Å². The minimum atomic E-state index is -0.00453. The lowest BCUT2D eigenvalue weighted by atomic mass is 10.1. The van der Waals surface area contributed by atoms with Crippen LogP contribution in [0.4, 0.5) is 5.69 Å². The summed E-state index contributed by atoms with van der Waals surface area (Å²) < 4.78 is 0. The first kappa shape index (κ1) is 14.9. The highest BCUT2D eigenvalue weighted by atomic mass is 32.2. The summed E-state index contributed by atoms with van der Waals surface area (Å²) in [6.45, 7) is 5.79. The van der Waals surface area contributed by atoms with Crippen molar-refractivity contribution in [2.45, 2.75) is 25.5 Å². The molecule has 0 heterocycles. The van der Waals surface area contributed by atoms with E-state index in [1.807, 2.05) is 30.5 Å². The molecule has 1 aromatic carbocycles. The summed E-state index contributed by atoms with van der Waals surface area (Å²) in [5.41, 5.74) is 1.63. The van der Waals surface area contributed by atoms with E-state index in [0.717, 1.165) is 24.2 Å². The SMILES string of the molecule is CCCNc1ccccc1C(=O)NCC(C)SC. The molecule has 100 valence electrons. The molecule has 0 aliphatic heterocycles. The van der Waals surface area contributed by atoms with Crippen molar-refractivity contribution < 1.29 is 4.79 Å². The van der Waals surface area contributed by atoms with E-state index in [-0.39, 0.29) is 5.91 Å². The first-order valence-electron chi connectivity index (χ1n) is 6.33. The van der Waals surface area contributed by atoms with E-state index in [2.05, 4.69) is 24.5 Å². The lowest BCUT2D eigenvalue weighted by Gasteiger charge is -2.13. The van der Waals surface area contributed by atoms with E-state index in [0.29, 0.717) is 11.8 Å². The quantitative estimate of drug-likeness (QED) is 0.797. The van der Waals surface area contributed by atoms with Crippen LogP contribution < -0.4 is 10.6 Å². The summed E-state index contributed by atoms with van der Waals surface area (Å²) >= 11 is 1.75. The number of carbonyl (C=O) groups excluding carboxylic acids is 1. The lowest BCUT2D eigenvalue weighted by Crippen LogP contribution is -2.29. The van der Waals surface area contributed by atoms with Crippen molar-refractivity contribution in [3.8, 4) is 0 Å². The Morgan fingerprint density at radius 1 is 1.39 bits per heavy atom. The van der Waals surface area contributed by atoms with Crippen molar-refractivity contribution in [2.75, 3.05) is 24.7 Å². The molecule has 0 aliphatic carbocycles. The third-order valence-corrected chi connectivity index (χ3v) is 3.66. The van der Waals surface area contributed by atoms with Crippen LogP contribution in [-0.2, 0) is 0 Å². The van der Waals surface area contributed by atoms with Crippen LogP contribution in [0.2, 0.25) is 0 Å². The zero-order valence-electron chi connectivity index (χ0n) is 11.3. The third-order valence-electron chi connectivity index (χ3n) is 2.69. The molecule has 0 spiro atoms. The Balaban J connectivity index is 2.66. The smallest absolute Gasteiger partial charge is 0.253 e. The first-order valence-corrected chi connectivity index (χ1v) is 7.61. The zero-order valence-corrected chi connectivity index (χ0v) is 12.1. The maximum absolute atomic E-state index is 12.1. The fourth-order valence-corrected chi connectivity index (χ4v) is 1.76. The fourth-order valence-electron chi connectivity index (χ4n) is 1.51. The van der Waals surface area contributed by atoms with Crippen molar-refractivity contribution in [1.29, 1.82) is 0 Å². The first-order chi connectivity index (χ1) is 8.69. The summed E-state index contributed by atoms with van der Waals surface area (Å²) in [5.74, 6) is -0.00453. The number of thioether (sulfide) groups is 1. The zero-order chi connectivity index (χ0) is 13.4. The number of amides is 1. The van der Waals surface area contributed by atoms with Crippen LogP contribution in [0, 0.1) is 0 Å². The van der Waals surface area contributed by atoms with Crippen LogP contribution in [0.3, 0.4) is 0 Å². The Bertz CT molecular complexity index is 382. The molecule has 0 aliphatic rings. The van der Waals surface area contributed by atoms with E-state index in [9.17, 15) is 4.79 Å². The molecule has 0 aromatic heterocycles. The van der Waals surface area contributed by atoms with E-state index in [1.54, 1.807) is 11.8 Å². The summed E-state index contributed by atoms with van der Waals surface area (Å²) in [7, 11) is 0. The van der Waals surface area contributed by atoms with Gasteiger partial charge in [0.2, 0.25) is 0 Å². The summed E-state index contributed by atoms with van der Waals surface area (Å²) in [4.78, 5) is 12.1. The van der Waals surface area contributed by atoms with Gasteiger partial charge in [-0.2, -0.15) is 11.8 Å². The molecule has 3 nitrogen and oxygen atoms in total. The molecule has 4 heteroatoms. The van der Waals surface area contributed by atoms with Gasteiger partial charge < -0.3 is 10.6 Å². The van der Waals surface area contributed by atoms with E-state index < -0.39 is 0 Å². The van der Waals surface area contributed by atoms with Crippen molar-refractivity contribution in [3.63, 3.8) is 0 Å². The highest BCUT2D eigenvalue weighted by molar-refractivity contribution is 7.99. The number of rotatable bonds is 7. The second-order valence-electron chi connectivity index (χ2n) is 4.23. The minimum Gasteiger partial charge on any atom is -0.384 e. The van der Waals surface area contributed by atoms with Gasteiger partial charge in [0.25, 0.3) is 5.91 Å². The van der Waals surface area contributed by atoms with Gasteiger partial charge in [0.1, 0.15) is 0 Å². The summed E-state index contributed by atoms with van der Waals surface area (Å²) in [6.07, 6.45) is 3.09. The molecular formula is C14H22N2OS. The molecule has 0 saturated heterocycles. The summed E-state index contributed by atoms with van der Waals surface area (Å²) in [6, 6.07) is 7.64. The van der Waals surface area contributed by atoms with Gasteiger partial charge in [0.05, 0.1) is 5.56 Å². The highest BCUT2D eigenvalue weighted by Gasteiger charge is 2.11. The molecule has 1 rings (SSSR count). The second-order valence-corrected chi connectivity index (χ2v) is 5.50. The maximum Gasteiger partial charge on any atom is 0.253 e. The molecule has 0 fully saturated rings. The Kier molecular flexibility index (Phi) is 6.65. The normalized spacial score (nSPS) is 11.9. The van der Waals surface area contributed by atoms with E-state index >= 15 is 0 Å².